The van der Waals surface area contributed by atoms with Crippen molar-refractivity contribution in [2.45, 2.75) is 33.8 Å². The first-order chi connectivity index (χ1) is 9.81. The third kappa shape index (κ3) is 5.69. The molecule has 21 heavy (non-hydrogen) atoms. The number of hydrogen-bond donors (Lipinski definition) is 2. The molecule has 0 saturated carbocycles. The van der Waals surface area contributed by atoms with E-state index in [1.165, 1.54) is 6.07 Å². The van der Waals surface area contributed by atoms with Crippen LogP contribution in [-0.4, -0.2) is 35.8 Å². The summed E-state index contributed by atoms with van der Waals surface area (Å²) in [5.74, 6) is 0.954. The van der Waals surface area contributed by atoms with Crippen molar-refractivity contribution >= 4 is 5.69 Å². The lowest BCUT2D eigenvalue weighted by Crippen LogP contribution is -2.33. The standard InChI is InChI=1S/C15H24N2O4/c1-10(2)7-16-8-13(18)9-21-15-6-14(17(19)20)11(3)5-12(15)4/h5-6,10,13,16,18H,7-9H2,1-4H3. The number of aliphatic hydroxyl groups excluding tert-OH is 1. The van der Waals surface area contributed by atoms with Crippen molar-refractivity contribution in [1.29, 1.82) is 0 Å². The van der Waals surface area contributed by atoms with Crippen LogP contribution in [0.2, 0.25) is 0 Å². The van der Waals surface area contributed by atoms with E-state index in [2.05, 4.69) is 19.2 Å². The van der Waals surface area contributed by atoms with E-state index < -0.39 is 11.0 Å². The highest BCUT2D eigenvalue weighted by molar-refractivity contribution is 5.49. The van der Waals surface area contributed by atoms with Crippen LogP contribution in [0.3, 0.4) is 0 Å². The van der Waals surface area contributed by atoms with Gasteiger partial charge in [0.1, 0.15) is 18.5 Å². The highest BCUT2D eigenvalue weighted by atomic mass is 16.6. The summed E-state index contributed by atoms with van der Waals surface area (Å²) >= 11 is 0. The first-order valence-electron chi connectivity index (χ1n) is 7.08. The summed E-state index contributed by atoms with van der Waals surface area (Å²) in [5, 5.41) is 23.9. The van der Waals surface area contributed by atoms with Gasteiger partial charge in [0.25, 0.3) is 5.69 Å². The molecule has 118 valence electrons. The fraction of sp³-hybridized carbons (Fsp3) is 0.600. The van der Waals surface area contributed by atoms with Gasteiger partial charge in [0, 0.05) is 12.1 Å². The van der Waals surface area contributed by atoms with E-state index in [0.29, 0.717) is 23.8 Å². The Bertz CT molecular complexity index is 489. The maximum absolute atomic E-state index is 10.9. The first kappa shape index (κ1) is 17.4. The van der Waals surface area contributed by atoms with Crippen LogP contribution in [-0.2, 0) is 0 Å². The summed E-state index contributed by atoms with van der Waals surface area (Å²) in [5.41, 5.74) is 1.45. The predicted molar refractivity (Wildman–Crippen MR) is 81.8 cm³/mol. The Morgan fingerprint density at radius 1 is 1.29 bits per heavy atom. The molecular weight excluding hydrogens is 272 g/mol. The van der Waals surface area contributed by atoms with Crippen molar-refractivity contribution in [3.63, 3.8) is 0 Å². The second kappa shape index (κ2) is 7.95. The molecule has 6 nitrogen and oxygen atoms in total. The average Bonchev–Trinajstić information content (AvgIpc) is 2.36. The molecule has 0 aliphatic rings. The lowest BCUT2D eigenvalue weighted by atomic mass is 10.1. The molecule has 0 amide bonds. The van der Waals surface area contributed by atoms with Crippen LogP contribution in [0, 0.1) is 29.9 Å². The summed E-state index contributed by atoms with van der Waals surface area (Å²) in [6.45, 7) is 9.06. The van der Waals surface area contributed by atoms with Gasteiger partial charge in [-0.15, -0.1) is 0 Å². The van der Waals surface area contributed by atoms with Gasteiger partial charge in [-0.2, -0.15) is 0 Å². The van der Waals surface area contributed by atoms with Crippen LogP contribution in [0.4, 0.5) is 5.69 Å². The number of aliphatic hydroxyl groups is 1. The van der Waals surface area contributed by atoms with Gasteiger partial charge < -0.3 is 15.2 Å². The Balaban J connectivity index is 2.58. The molecule has 1 unspecified atom stereocenters. The van der Waals surface area contributed by atoms with Crippen molar-refractivity contribution in [1.82, 2.24) is 5.32 Å². The molecule has 0 heterocycles. The minimum Gasteiger partial charge on any atom is -0.490 e. The molecule has 0 fully saturated rings. The van der Waals surface area contributed by atoms with Gasteiger partial charge in [-0.25, -0.2) is 0 Å². The molecule has 2 N–H and O–H groups in total. The number of ether oxygens (including phenoxy) is 1. The van der Waals surface area contributed by atoms with Gasteiger partial charge in [-0.3, -0.25) is 10.1 Å². The topological polar surface area (TPSA) is 84.6 Å². The molecule has 6 heteroatoms. The Kier molecular flexibility index (Phi) is 6.58. The van der Waals surface area contributed by atoms with E-state index >= 15 is 0 Å². The fourth-order valence-corrected chi connectivity index (χ4v) is 1.96. The zero-order valence-corrected chi connectivity index (χ0v) is 13.0. The van der Waals surface area contributed by atoms with Crippen molar-refractivity contribution in [3.8, 4) is 5.75 Å². The first-order valence-corrected chi connectivity index (χ1v) is 7.08. The molecule has 1 aromatic rings. The molecule has 0 spiro atoms. The molecule has 0 bridgehead atoms. The van der Waals surface area contributed by atoms with Crippen LogP contribution in [0.15, 0.2) is 12.1 Å². The number of nitrogens with zero attached hydrogens (tertiary/aromatic N) is 1. The van der Waals surface area contributed by atoms with E-state index in [-0.39, 0.29) is 12.3 Å². The lowest BCUT2D eigenvalue weighted by Gasteiger charge is -2.15. The van der Waals surface area contributed by atoms with Crippen LogP contribution >= 0.6 is 0 Å². The number of hydrogen-bond acceptors (Lipinski definition) is 5. The zero-order chi connectivity index (χ0) is 16.0. The minimum absolute atomic E-state index is 0.0306. The molecular formula is C15H24N2O4. The Labute approximate surface area is 125 Å². The average molecular weight is 296 g/mol. The van der Waals surface area contributed by atoms with Crippen molar-refractivity contribution in [2.24, 2.45) is 5.92 Å². The zero-order valence-electron chi connectivity index (χ0n) is 13.0. The highest BCUT2D eigenvalue weighted by Crippen LogP contribution is 2.28. The summed E-state index contributed by atoms with van der Waals surface area (Å²) in [6.07, 6.45) is -0.650. The summed E-state index contributed by atoms with van der Waals surface area (Å²) in [6, 6.07) is 3.13. The number of rotatable bonds is 8. The maximum Gasteiger partial charge on any atom is 0.276 e. The van der Waals surface area contributed by atoms with Crippen LogP contribution in [0.1, 0.15) is 25.0 Å². The Hall–Kier alpha value is -1.66. The molecule has 0 radical (unpaired) electrons. The Morgan fingerprint density at radius 2 is 1.95 bits per heavy atom. The van der Waals surface area contributed by atoms with Crippen molar-refractivity contribution < 1.29 is 14.8 Å². The van der Waals surface area contributed by atoms with Crippen LogP contribution in [0.25, 0.3) is 0 Å². The molecule has 0 aliphatic heterocycles. The van der Waals surface area contributed by atoms with E-state index in [9.17, 15) is 15.2 Å². The number of benzene rings is 1. The van der Waals surface area contributed by atoms with E-state index in [1.54, 1.807) is 13.0 Å². The smallest absolute Gasteiger partial charge is 0.276 e. The number of aryl methyl sites for hydroxylation is 2. The van der Waals surface area contributed by atoms with Gasteiger partial charge in [0.15, 0.2) is 0 Å². The molecule has 1 aromatic carbocycles. The summed E-state index contributed by atoms with van der Waals surface area (Å²) in [4.78, 5) is 10.5. The highest BCUT2D eigenvalue weighted by Gasteiger charge is 2.15. The third-order valence-electron chi connectivity index (χ3n) is 3.05. The summed E-state index contributed by atoms with van der Waals surface area (Å²) < 4.78 is 5.51. The molecule has 1 rings (SSSR count). The molecule has 0 aromatic heterocycles. The second-order valence-electron chi connectivity index (χ2n) is 5.68. The number of nitrogens with one attached hydrogen (secondary N) is 1. The maximum atomic E-state index is 10.9. The lowest BCUT2D eigenvalue weighted by molar-refractivity contribution is -0.385. The number of nitro benzene ring substituents is 1. The van der Waals surface area contributed by atoms with Crippen LogP contribution in [0.5, 0.6) is 5.75 Å². The van der Waals surface area contributed by atoms with E-state index in [4.69, 9.17) is 4.74 Å². The predicted octanol–water partition coefficient (Wildman–Crippen LogP) is 2.20. The van der Waals surface area contributed by atoms with Gasteiger partial charge in [0.05, 0.1) is 11.0 Å². The van der Waals surface area contributed by atoms with Crippen molar-refractivity contribution in [3.05, 3.63) is 33.4 Å². The Morgan fingerprint density at radius 3 is 2.52 bits per heavy atom. The SMILES string of the molecule is Cc1cc(C)c([N+](=O)[O-])cc1OCC(O)CNCC(C)C. The van der Waals surface area contributed by atoms with Gasteiger partial charge in [0.2, 0.25) is 0 Å². The molecule has 0 saturated heterocycles. The van der Waals surface area contributed by atoms with Gasteiger partial charge >= 0.3 is 0 Å². The van der Waals surface area contributed by atoms with Crippen molar-refractivity contribution in [2.75, 3.05) is 19.7 Å². The third-order valence-corrected chi connectivity index (χ3v) is 3.05. The normalized spacial score (nSPS) is 12.5. The monoisotopic (exact) mass is 296 g/mol. The fourth-order valence-electron chi connectivity index (χ4n) is 1.96. The van der Waals surface area contributed by atoms with E-state index in [1.807, 2.05) is 6.92 Å². The van der Waals surface area contributed by atoms with Gasteiger partial charge in [-0.05, 0) is 37.9 Å². The van der Waals surface area contributed by atoms with Gasteiger partial charge in [-0.1, -0.05) is 13.8 Å². The quantitative estimate of drug-likeness (QED) is 0.567. The summed E-state index contributed by atoms with van der Waals surface area (Å²) in [7, 11) is 0. The van der Waals surface area contributed by atoms with E-state index in [0.717, 1.165) is 12.1 Å². The molecule has 0 aliphatic carbocycles. The molecule has 1 atom stereocenters. The minimum atomic E-state index is -0.650. The second-order valence-corrected chi connectivity index (χ2v) is 5.68. The number of nitro groups is 1. The van der Waals surface area contributed by atoms with Crippen LogP contribution < -0.4 is 10.1 Å². The largest absolute Gasteiger partial charge is 0.490 e.